The average Bonchev–Trinajstić information content (AvgIpc) is 2.49. The highest BCUT2D eigenvalue weighted by Gasteiger charge is 2.10. The Labute approximate surface area is 119 Å². The first kappa shape index (κ1) is 14.1. The van der Waals surface area contributed by atoms with Crippen LogP contribution in [0.1, 0.15) is 12.5 Å². The second kappa shape index (κ2) is 6.75. The molecule has 0 saturated heterocycles. The van der Waals surface area contributed by atoms with Gasteiger partial charge in [-0.15, -0.1) is 0 Å². The van der Waals surface area contributed by atoms with Gasteiger partial charge in [0, 0.05) is 5.56 Å². The Morgan fingerprint density at radius 3 is 2.45 bits per heavy atom. The Kier molecular flexibility index (Phi) is 4.77. The molecule has 0 bridgehead atoms. The Bertz CT molecular complexity index is 576. The number of hydrogen-bond acceptors (Lipinski definition) is 3. The summed E-state index contributed by atoms with van der Waals surface area (Å²) < 4.78 is 10.3. The van der Waals surface area contributed by atoms with Gasteiger partial charge in [-0.05, 0) is 24.1 Å². The van der Waals surface area contributed by atoms with E-state index >= 15 is 0 Å². The lowest BCUT2D eigenvalue weighted by Crippen LogP contribution is -2.08. The van der Waals surface area contributed by atoms with Gasteiger partial charge in [-0.25, -0.2) is 0 Å². The van der Waals surface area contributed by atoms with Crippen LogP contribution in [-0.4, -0.2) is 19.7 Å². The van der Waals surface area contributed by atoms with Gasteiger partial charge in [0.05, 0.1) is 20.1 Å². The molecule has 0 heterocycles. The van der Waals surface area contributed by atoms with E-state index in [1.54, 1.807) is 14.0 Å². The summed E-state index contributed by atoms with van der Waals surface area (Å²) in [6.45, 7) is 2.19. The van der Waals surface area contributed by atoms with Gasteiger partial charge in [-0.2, -0.15) is 0 Å². The van der Waals surface area contributed by atoms with Crippen LogP contribution in [0.4, 0.5) is 0 Å². The summed E-state index contributed by atoms with van der Waals surface area (Å²) in [5, 5.41) is 0. The van der Waals surface area contributed by atoms with Crippen molar-refractivity contribution in [3.63, 3.8) is 0 Å². The molecule has 0 aromatic heterocycles. The van der Waals surface area contributed by atoms with Gasteiger partial charge >= 0.3 is 5.97 Å². The Hall–Kier alpha value is -2.29. The van der Waals surface area contributed by atoms with Crippen molar-refractivity contribution in [1.82, 2.24) is 0 Å². The van der Waals surface area contributed by atoms with E-state index in [2.05, 4.69) is 0 Å². The Balaban J connectivity index is 2.26. The van der Waals surface area contributed by atoms with Crippen molar-refractivity contribution in [2.75, 3.05) is 13.7 Å². The van der Waals surface area contributed by atoms with Crippen molar-refractivity contribution in [1.29, 1.82) is 0 Å². The summed E-state index contributed by atoms with van der Waals surface area (Å²) >= 11 is 0. The van der Waals surface area contributed by atoms with Crippen molar-refractivity contribution < 1.29 is 14.3 Å². The van der Waals surface area contributed by atoms with Crippen LogP contribution in [0.25, 0.3) is 11.1 Å². The molecule has 2 rings (SSSR count). The molecular weight excluding hydrogens is 252 g/mol. The number of methoxy groups -OCH3 is 1. The molecule has 0 fully saturated rings. The quantitative estimate of drug-likeness (QED) is 0.780. The highest BCUT2D eigenvalue weighted by atomic mass is 16.5. The molecule has 0 saturated carbocycles. The fourth-order valence-electron chi connectivity index (χ4n) is 2.07. The third kappa shape index (κ3) is 3.38. The summed E-state index contributed by atoms with van der Waals surface area (Å²) in [6.07, 6.45) is 0.228. The zero-order valence-electron chi connectivity index (χ0n) is 11.8. The second-order valence-electron chi connectivity index (χ2n) is 4.37. The van der Waals surface area contributed by atoms with E-state index in [0.29, 0.717) is 12.4 Å². The summed E-state index contributed by atoms with van der Waals surface area (Å²) in [7, 11) is 1.61. The maximum atomic E-state index is 11.6. The minimum absolute atomic E-state index is 0.228. The van der Waals surface area contributed by atoms with E-state index in [9.17, 15) is 4.79 Å². The van der Waals surface area contributed by atoms with Crippen molar-refractivity contribution in [3.05, 3.63) is 54.1 Å². The molecule has 104 valence electrons. The smallest absolute Gasteiger partial charge is 0.310 e. The second-order valence-corrected chi connectivity index (χ2v) is 4.37. The third-order valence-electron chi connectivity index (χ3n) is 3.03. The normalized spacial score (nSPS) is 10.1. The molecule has 0 aliphatic carbocycles. The first-order valence-corrected chi connectivity index (χ1v) is 6.62. The van der Waals surface area contributed by atoms with E-state index in [-0.39, 0.29) is 12.4 Å². The molecule has 0 spiro atoms. The highest BCUT2D eigenvalue weighted by Crippen LogP contribution is 2.27. The fourth-order valence-corrected chi connectivity index (χ4v) is 2.07. The predicted octanol–water partition coefficient (Wildman–Crippen LogP) is 3.47. The largest absolute Gasteiger partial charge is 0.496 e. The summed E-state index contributed by atoms with van der Waals surface area (Å²) in [5.41, 5.74) is 3.02. The van der Waals surface area contributed by atoms with Gasteiger partial charge in [0.25, 0.3) is 0 Å². The lowest BCUT2D eigenvalue weighted by molar-refractivity contribution is -0.142. The zero-order valence-corrected chi connectivity index (χ0v) is 11.8. The van der Waals surface area contributed by atoms with Crippen LogP contribution >= 0.6 is 0 Å². The lowest BCUT2D eigenvalue weighted by atomic mass is 10.0. The van der Waals surface area contributed by atoms with Crippen LogP contribution in [0.5, 0.6) is 5.75 Å². The molecule has 3 nitrogen and oxygen atoms in total. The minimum atomic E-state index is -0.238. The number of esters is 1. The third-order valence-corrected chi connectivity index (χ3v) is 3.03. The van der Waals surface area contributed by atoms with Gasteiger partial charge < -0.3 is 9.47 Å². The van der Waals surface area contributed by atoms with Crippen LogP contribution in [-0.2, 0) is 16.0 Å². The number of ether oxygens (including phenoxy) is 2. The number of hydrogen-bond donors (Lipinski definition) is 0. The SMILES string of the molecule is CCOC(=O)Cc1ccc(-c2ccccc2)cc1OC. The highest BCUT2D eigenvalue weighted by molar-refractivity contribution is 5.75. The molecule has 0 aliphatic rings. The van der Waals surface area contributed by atoms with E-state index in [0.717, 1.165) is 16.7 Å². The van der Waals surface area contributed by atoms with Gasteiger partial charge in [0.1, 0.15) is 5.75 Å². The zero-order chi connectivity index (χ0) is 14.4. The van der Waals surface area contributed by atoms with E-state index in [4.69, 9.17) is 9.47 Å². The van der Waals surface area contributed by atoms with Gasteiger partial charge in [-0.3, -0.25) is 4.79 Å². The van der Waals surface area contributed by atoms with Gasteiger partial charge in [0.15, 0.2) is 0 Å². The topological polar surface area (TPSA) is 35.5 Å². The van der Waals surface area contributed by atoms with Crippen LogP contribution in [0.3, 0.4) is 0 Å². The van der Waals surface area contributed by atoms with Crippen molar-refractivity contribution in [2.45, 2.75) is 13.3 Å². The first-order valence-electron chi connectivity index (χ1n) is 6.62. The van der Waals surface area contributed by atoms with Crippen LogP contribution in [0.2, 0.25) is 0 Å². The first-order chi connectivity index (χ1) is 9.74. The Morgan fingerprint density at radius 2 is 1.80 bits per heavy atom. The number of benzene rings is 2. The van der Waals surface area contributed by atoms with E-state index in [1.807, 2.05) is 48.5 Å². The molecule has 0 aliphatic heterocycles. The maximum Gasteiger partial charge on any atom is 0.310 e. The average molecular weight is 270 g/mol. The Morgan fingerprint density at radius 1 is 1.05 bits per heavy atom. The summed E-state index contributed by atoms with van der Waals surface area (Å²) in [4.78, 5) is 11.6. The molecule has 20 heavy (non-hydrogen) atoms. The standard InChI is InChI=1S/C17H18O3/c1-3-20-17(18)12-15-10-9-14(11-16(15)19-2)13-7-5-4-6-8-13/h4-11H,3,12H2,1-2H3. The molecule has 2 aromatic carbocycles. The molecule has 0 radical (unpaired) electrons. The minimum Gasteiger partial charge on any atom is -0.496 e. The summed E-state index contributed by atoms with van der Waals surface area (Å²) in [6, 6.07) is 15.9. The number of rotatable bonds is 5. The molecule has 0 unspecified atom stereocenters. The van der Waals surface area contributed by atoms with Crippen LogP contribution in [0.15, 0.2) is 48.5 Å². The van der Waals surface area contributed by atoms with E-state index < -0.39 is 0 Å². The lowest BCUT2D eigenvalue weighted by Gasteiger charge is -2.10. The molecule has 0 atom stereocenters. The number of carbonyl (C=O) groups excluding carboxylic acids is 1. The molecule has 2 aromatic rings. The van der Waals surface area contributed by atoms with E-state index in [1.165, 1.54) is 0 Å². The molecule has 0 amide bonds. The number of carbonyl (C=O) groups is 1. The monoisotopic (exact) mass is 270 g/mol. The summed E-state index contributed by atoms with van der Waals surface area (Å²) in [5.74, 6) is 0.470. The molecule has 0 N–H and O–H groups in total. The van der Waals surface area contributed by atoms with Gasteiger partial charge in [0.2, 0.25) is 0 Å². The van der Waals surface area contributed by atoms with Crippen molar-refractivity contribution >= 4 is 5.97 Å². The van der Waals surface area contributed by atoms with Crippen LogP contribution < -0.4 is 4.74 Å². The van der Waals surface area contributed by atoms with Gasteiger partial charge in [-0.1, -0.05) is 42.5 Å². The fraction of sp³-hybridized carbons (Fsp3) is 0.235. The maximum absolute atomic E-state index is 11.6. The molecule has 3 heteroatoms. The predicted molar refractivity (Wildman–Crippen MR) is 78.8 cm³/mol. The molecular formula is C17H18O3. The van der Waals surface area contributed by atoms with Crippen molar-refractivity contribution in [3.8, 4) is 16.9 Å². The van der Waals surface area contributed by atoms with Crippen molar-refractivity contribution in [2.24, 2.45) is 0 Å². The van der Waals surface area contributed by atoms with Crippen LogP contribution in [0, 0.1) is 0 Å².